The lowest BCUT2D eigenvalue weighted by molar-refractivity contribution is 0.0453. The summed E-state index contributed by atoms with van der Waals surface area (Å²) in [6.07, 6.45) is 1.39. The van der Waals surface area contributed by atoms with Crippen molar-refractivity contribution in [2.45, 2.75) is 20.4 Å². The van der Waals surface area contributed by atoms with Crippen LogP contribution in [0.1, 0.15) is 22.4 Å². The minimum Gasteiger partial charge on any atom is -0.383 e. The smallest absolute Gasteiger partial charge is 0.263 e. The number of fused-ring (bicyclic) bond motifs is 1. The van der Waals surface area contributed by atoms with Gasteiger partial charge in [-0.15, -0.1) is 0 Å². The van der Waals surface area contributed by atoms with Crippen molar-refractivity contribution < 1.29 is 4.74 Å². The molecular weight excluding hydrogens is 466 g/mol. The molecule has 0 aliphatic carbocycles. The predicted octanol–water partition coefficient (Wildman–Crippen LogP) is 3.29. The van der Waals surface area contributed by atoms with Crippen LogP contribution in [-0.2, 0) is 11.3 Å². The highest BCUT2D eigenvalue weighted by Gasteiger charge is 2.20. The summed E-state index contributed by atoms with van der Waals surface area (Å²) in [6, 6.07) is 15.8. The van der Waals surface area contributed by atoms with Crippen LogP contribution in [0.5, 0.6) is 0 Å². The second-order valence-electron chi connectivity index (χ2n) is 9.31. The normalized spacial score (nSPS) is 14.1. The minimum atomic E-state index is -0.0656. The molecule has 2 aromatic heterocycles. The van der Waals surface area contributed by atoms with E-state index < -0.39 is 0 Å². The monoisotopic (exact) mass is 497 g/mol. The lowest BCUT2D eigenvalue weighted by Crippen LogP contribution is -2.39. The molecule has 0 saturated carbocycles. The largest absolute Gasteiger partial charge is 0.383 e. The lowest BCUT2D eigenvalue weighted by Gasteiger charge is -2.27. The first-order valence-corrected chi connectivity index (χ1v) is 12.4. The van der Waals surface area contributed by atoms with Crippen molar-refractivity contribution >= 4 is 28.1 Å². The van der Waals surface area contributed by atoms with Gasteiger partial charge in [-0.25, -0.2) is 9.97 Å². The summed E-state index contributed by atoms with van der Waals surface area (Å²) < 4.78 is 7.19. The average molecular weight is 498 g/mol. The Morgan fingerprint density at radius 1 is 1.08 bits per heavy atom. The molecule has 37 heavy (non-hydrogen) atoms. The van der Waals surface area contributed by atoms with Gasteiger partial charge in [0.1, 0.15) is 18.0 Å². The first-order chi connectivity index (χ1) is 17.9. The van der Waals surface area contributed by atoms with Crippen LogP contribution in [0.15, 0.2) is 59.7 Å². The van der Waals surface area contributed by atoms with Gasteiger partial charge in [-0.3, -0.25) is 14.3 Å². The van der Waals surface area contributed by atoms with Crippen LogP contribution in [0.25, 0.3) is 16.5 Å². The lowest BCUT2D eigenvalue weighted by atomic mass is 10.1. The molecule has 1 saturated heterocycles. The Balaban J connectivity index is 1.53. The number of nitrogens with two attached hydrogens (primary N) is 1. The molecule has 1 fully saturated rings. The summed E-state index contributed by atoms with van der Waals surface area (Å²) >= 11 is 0. The SMILES string of the molecule is Cc1ccccc1-n1c(CNc2ncnc(N)c2C(=N)CN2CCOCC2)cc2cccc(C)c2c1=O. The van der Waals surface area contributed by atoms with Crippen LogP contribution in [-0.4, -0.2) is 58.0 Å². The van der Waals surface area contributed by atoms with Crippen LogP contribution >= 0.6 is 0 Å². The molecule has 4 N–H and O–H groups in total. The van der Waals surface area contributed by atoms with Gasteiger partial charge in [-0.1, -0.05) is 36.4 Å². The number of aryl methyl sites for hydroxylation is 2. The van der Waals surface area contributed by atoms with E-state index in [9.17, 15) is 4.79 Å². The van der Waals surface area contributed by atoms with E-state index in [1.165, 1.54) is 6.33 Å². The zero-order chi connectivity index (χ0) is 25.9. The molecule has 2 aromatic carbocycles. The molecule has 1 aliphatic heterocycles. The van der Waals surface area contributed by atoms with Gasteiger partial charge >= 0.3 is 0 Å². The Morgan fingerprint density at radius 2 is 1.84 bits per heavy atom. The molecule has 0 bridgehead atoms. The van der Waals surface area contributed by atoms with E-state index in [4.69, 9.17) is 15.9 Å². The number of benzene rings is 2. The van der Waals surface area contributed by atoms with Gasteiger partial charge in [0.25, 0.3) is 5.56 Å². The third-order valence-corrected chi connectivity index (χ3v) is 6.79. The molecule has 0 atom stereocenters. The van der Waals surface area contributed by atoms with E-state index in [0.29, 0.717) is 48.8 Å². The van der Waals surface area contributed by atoms with Crippen molar-refractivity contribution in [3.63, 3.8) is 0 Å². The van der Waals surface area contributed by atoms with E-state index in [0.717, 1.165) is 41.0 Å². The average Bonchev–Trinajstić information content (AvgIpc) is 2.88. The predicted molar refractivity (Wildman–Crippen MR) is 147 cm³/mol. The van der Waals surface area contributed by atoms with Crippen molar-refractivity contribution in [3.8, 4) is 5.69 Å². The number of morpholine rings is 1. The maximum atomic E-state index is 13.8. The van der Waals surface area contributed by atoms with Gasteiger partial charge < -0.3 is 21.2 Å². The van der Waals surface area contributed by atoms with Crippen LogP contribution < -0.4 is 16.6 Å². The van der Waals surface area contributed by atoms with Crippen molar-refractivity contribution in [3.05, 3.63) is 87.6 Å². The van der Waals surface area contributed by atoms with E-state index in [1.807, 2.05) is 62.4 Å². The number of nitrogen functional groups attached to an aromatic ring is 1. The van der Waals surface area contributed by atoms with E-state index in [2.05, 4.69) is 20.2 Å². The van der Waals surface area contributed by atoms with E-state index in [-0.39, 0.29) is 11.4 Å². The fraction of sp³-hybridized carbons (Fsp3) is 0.286. The standard InChI is InChI=1S/C28H31N7O2/c1-18-6-3-4-9-23(18)35-21(14-20-8-5-7-19(2)24(20)28(35)36)15-31-27-25(26(30)32-17-33-27)22(29)16-34-10-12-37-13-11-34/h3-9,14,17,29H,10-13,15-16H2,1-2H3,(H3,30,31,32,33). The van der Waals surface area contributed by atoms with Gasteiger partial charge in [0, 0.05) is 25.3 Å². The fourth-order valence-corrected chi connectivity index (χ4v) is 4.86. The second-order valence-corrected chi connectivity index (χ2v) is 9.31. The number of para-hydroxylation sites is 1. The maximum absolute atomic E-state index is 13.8. The molecule has 3 heterocycles. The van der Waals surface area contributed by atoms with Gasteiger partial charge in [0.05, 0.1) is 42.1 Å². The van der Waals surface area contributed by atoms with Gasteiger partial charge in [-0.2, -0.15) is 0 Å². The molecule has 4 aromatic rings. The number of anilines is 2. The molecule has 0 spiro atoms. The third kappa shape index (κ3) is 4.96. The number of rotatable bonds is 7. The molecule has 0 radical (unpaired) electrons. The number of hydrogen-bond donors (Lipinski definition) is 3. The van der Waals surface area contributed by atoms with Crippen LogP contribution in [0.3, 0.4) is 0 Å². The summed E-state index contributed by atoms with van der Waals surface area (Å²) in [4.78, 5) is 24.5. The quantitative estimate of drug-likeness (QED) is 0.335. The molecule has 0 amide bonds. The van der Waals surface area contributed by atoms with Crippen molar-refractivity contribution in [1.29, 1.82) is 5.41 Å². The Morgan fingerprint density at radius 3 is 2.62 bits per heavy atom. The maximum Gasteiger partial charge on any atom is 0.263 e. The Kier molecular flexibility index (Phi) is 6.98. The number of hydrogen-bond acceptors (Lipinski definition) is 8. The van der Waals surface area contributed by atoms with Gasteiger partial charge in [0.15, 0.2) is 0 Å². The van der Waals surface area contributed by atoms with Crippen LogP contribution in [0.4, 0.5) is 11.6 Å². The Bertz CT molecular complexity index is 1520. The summed E-state index contributed by atoms with van der Waals surface area (Å²) in [5, 5.41) is 13.7. The summed E-state index contributed by atoms with van der Waals surface area (Å²) in [6.45, 7) is 7.52. The molecular formula is C28H31N7O2. The molecule has 9 heteroatoms. The zero-order valence-corrected chi connectivity index (χ0v) is 21.1. The molecule has 0 unspecified atom stereocenters. The molecule has 1 aliphatic rings. The fourth-order valence-electron chi connectivity index (χ4n) is 4.86. The first-order valence-electron chi connectivity index (χ1n) is 12.4. The van der Waals surface area contributed by atoms with E-state index >= 15 is 0 Å². The van der Waals surface area contributed by atoms with Gasteiger partial charge in [0.2, 0.25) is 0 Å². The summed E-state index contributed by atoms with van der Waals surface area (Å²) in [5.74, 6) is 0.722. The number of aromatic nitrogens is 3. The van der Waals surface area contributed by atoms with Crippen LogP contribution in [0.2, 0.25) is 0 Å². The number of nitrogens with one attached hydrogen (secondary N) is 2. The molecule has 9 nitrogen and oxygen atoms in total. The third-order valence-electron chi connectivity index (χ3n) is 6.79. The Labute approximate surface area is 215 Å². The van der Waals surface area contributed by atoms with Crippen molar-refractivity contribution in [1.82, 2.24) is 19.4 Å². The molecule has 190 valence electrons. The van der Waals surface area contributed by atoms with E-state index in [1.54, 1.807) is 4.57 Å². The highest BCUT2D eigenvalue weighted by Crippen LogP contribution is 2.23. The minimum absolute atomic E-state index is 0.0656. The number of ether oxygens (including phenoxy) is 1. The number of pyridine rings is 1. The highest BCUT2D eigenvalue weighted by atomic mass is 16.5. The topological polar surface area (TPSA) is 122 Å². The van der Waals surface area contributed by atoms with Crippen molar-refractivity contribution in [2.24, 2.45) is 0 Å². The zero-order valence-electron chi connectivity index (χ0n) is 21.1. The van der Waals surface area contributed by atoms with Crippen molar-refractivity contribution in [2.75, 3.05) is 43.9 Å². The number of nitrogens with zero attached hydrogens (tertiary/aromatic N) is 4. The Hall–Kier alpha value is -4.08. The summed E-state index contributed by atoms with van der Waals surface area (Å²) in [7, 11) is 0. The highest BCUT2D eigenvalue weighted by molar-refractivity contribution is 6.07. The molecule has 5 rings (SSSR count). The first kappa shape index (κ1) is 24.6. The van der Waals surface area contributed by atoms with Gasteiger partial charge in [-0.05, 0) is 42.5 Å². The second kappa shape index (κ2) is 10.5. The van der Waals surface area contributed by atoms with Crippen LogP contribution in [0, 0.1) is 19.3 Å². The summed E-state index contributed by atoms with van der Waals surface area (Å²) in [5.41, 5.74) is 10.5.